The molecule has 4 rings (SSSR count). The predicted octanol–water partition coefficient (Wildman–Crippen LogP) is 5.04. The Morgan fingerprint density at radius 3 is 1.91 bits per heavy atom. The zero-order valence-electron chi connectivity index (χ0n) is 18.0. The number of H-pyrrole nitrogens is 1. The van der Waals surface area contributed by atoms with Crippen molar-refractivity contribution < 1.29 is 19.1 Å². The summed E-state index contributed by atoms with van der Waals surface area (Å²) in [6, 6.07) is 28.4. The Hall–Kier alpha value is -4.19. The summed E-state index contributed by atoms with van der Waals surface area (Å²) in [5.74, 6) is -1.58. The number of esters is 2. The molecule has 0 aliphatic heterocycles. The number of rotatable bonds is 9. The molecule has 0 fully saturated rings. The van der Waals surface area contributed by atoms with Crippen LogP contribution in [0.1, 0.15) is 29.3 Å². The largest absolute Gasteiger partial charge is 0.461 e. The lowest BCUT2D eigenvalue weighted by Gasteiger charge is -2.14. The molecule has 4 aromatic rings. The van der Waals surface area contributed by atoms with Crippen molar-refractivity contribution in [3.05, 3.63) is 114 Å². The lowest BCUT2D eigenvalue weighted by atomic mass is 10.1. The Morgan fingerprint density at radius 2 is 1.30 bits per heavy atom. The number of carbonyl (C=O) groups excluding carboxylic acids is 2. The number of hydrogen-bond donors (Lipinski definition) is 1. The van der Waals surface area contributed by atoms with Crippen LogP contribution in [-0.4, -0.2) is 21.9 Å². The van der Waals surface area contributed by atoms with E-state index in [9.17, 15) is 9.59 Å². The van der Waals surface area contributed by atoms with Crippen LogP contribution < -0.4 is 0 Å². The summed E-state index contributed by atoms with van der Waals surface area (Å²) in [4.78, 5) is 33.2. The average molecular weight is 440 g/mol. The topological polar surface area (TPSA) is 81.3 Å². The number of nitrogens with zero attached hydrogens (tertiary/aromatic N) is 1. The molecule has 1 N–H and O–H groups in total. The van der Waals surface area contributed by atoms with Crippen molar-refractivity contribution in [1.29, 1.82) is 0 Å². The third-order valence-electron chi connectivity index (χ3n) is 5.12. The van der Waals surface area contributed by atoms with E-state index >= 15 is 0 Å². The summed E-state index contributed by atoms with van der Waals surface area (Å²) < 4.78 is 10.9. The smallest absolute Gasteiger partial charge is 0.317 e. The van der Waals surface area contributed by atoms with E-state index < -0.39 is 17.9 Å². The van der Waals surface area contributed by atoms with Crippen molar-refractivity contribution in [1.82, 2.24) is 9.97 Å². The quantitative estimate of drug-likeness (QED) is 0.369. The van der Waals surface area contributed by atoms with Gasteiger partial charge in [0.15, 0.2) is 0 Å². The van der Waals surface area contributed by atoms with Gasteiger partial charge in [0, 0.05) is 11.8 Å². The lowest BCUT2D eigenvalue weighted by Crippen LogP contribution is -2.21. The molecule has 0 bridgehead atoms. The molecule has 1 aromatic heterocycles. The molecule has 0 saturated heterocycles. The van der Waals surface area contributed by atoms with Crippen molar-refractivity contribution >= 4 is 11.9 Å². The first-order valence-electron chi connectivity index (χ1n) is 10.7. The maximum absolute atomic E-state index is 13.0. The van der Waals surface area contributed by atoms with Gasteiger partial charge in [0.2, 0.25) is 0 Å². The zero-order chi connectivity index (χ0) is 22.9. The van der Waals surface area contributed by atoms with Gasteiger partial charge in [-0.3, -0.25) is 9.59 Å². The number of nitrogens with one attached hydrogen (secondary N) is 1. The number of ether oxygens (including phenoxy) is 2. The van der Waals surface area contributed by atoms with E-state index in [1.54, 1.807) is 6.20 Å². The minimum atomic E-state index is -0.908. The highest BCUT2D eigenvalue weighted by Crippen LogP contribution is 2.24. The van der Waals surface area contributed by atoms with Crippen LogP contribution in [0.25, 0.3) is 11.3 Å². The number of aromatic amines is 1. The molecule has 0 saturated carbocycles. The maximum Gasteiger partial charge on any atom is 0.317 e. The summed E-state index contributed by atoms with van der Waals surface area (Å²) >= 11 is 0. The standard InChI is InChI=1S/C27H24N2O4/c30-25(32-18-20-10-4-1-5-11-20)16-23(27(31)33-19-21-12-6-2-7-13-21)26-28-17-24(29-26)22-14-8-3-9-15-22/h1-15,17,23H,16,18-19H2,(H,28,29). The van der Waals surface area contributed by atoms with Crippen LogP contribution in [0, 0.1) is 0 Å². The monoisotopic (exact) mass is 440 g/mol. The van der Waals surface area contributed by atoms with Crippen molar-refractivity contribution in [2.75, 3.05) is 0 Å². The average Bonchev–Trinajstić information content (AvgIpc) is 3.36. The molecule has 0 aliphatic carbocycles. The van der Waals surface area contributed by atoms with Crippen LogP contribution in [-0.2, 0) is 32.3 Å². The van der Waals surface area contributed by atoms with Crippen LogP contribution in [0.5, 0.6) is 0 Å². The van der Waals surface area contributed by atoms with E-state index in [4.69, 9.17) is 9.47 Å². The Labute approximate surface area is 192 Å². The molecule has 0 spiro atoms. The van der Waals surface area contributed by atoms with Crippen molar-refractivity contribution in [3.8, 4) is 11.3 Å². The minimum Gasteiger partial charge on any atom is -0.461 e. The number of imidazole rings is 1. The molecule has 1 heterocycles. The van der Waals surface area contributed by atoms with Crippen LogP contribution in [0.15, 0.2) is 97.2 Å². The van der Waals surface area contributed by atoms with E-state index in [-0.39, 0.29) is 19.6 Å². The van der Waals surface area contributed by atoms with Crippen LogP contribution >= 0.6 is 0 Å². The van der Waals surface area contributed by atoms with Crippen molar-refractivity contribution in [2.24, 2.45) is 0 Å². The second-order valence-electron chi connectivity index (χ2n) is 7.53. The molecule has 3 aromatic carbocycles. The number of hydrogen-bond acceptors (Lipinski definition) is 5. The molecule has 0 aliphatic rings. The summed E-state index contributed by atoms with van der Waals surface area (Å²) in [5.41, 5.74) is 3.33. The highest BCUT2D eigenvalue weighted by molar-refractivity contribution is 5.84. The maximum atomic E-state index is 13.0. The van der Waals surface area contributed by atoms with Gasteiger partial charge in [-0.2, -0.15) is 0 Å². The van der Waals surface area contributed by atoms with Gasteiger partial charge in [-0.1, -0.05) is 91.0 Å². The van der Waals surface area contributed by atoms with E-state index in [1.807, 2.05) is 91.0 Å². The summed E-state index contributed by atoms with van der Waals surface area (Å²) in [5, 5.41) is 0. The first-order valence-corrected chi connectivity index (χ1v) is 10.7. The van der Waals surface area contributed by atoms with Gasteiger partial charge in [0.05, 0.1) is 12.1 Å². The van der Waals surface area contributed by atoms with Crippen molar-refractivity contribution in [3.63, 3.8) is 0 Å². The van der Waals surface area contributed by atoms with Crippen LogP contribution in [0.2, 0.25) is 0 Å². The first kappa shape index (κ1) is 22.0. The third kappa shape index (κ3) is 6.17. The molecule has 1 unspecified atom stereocenters. The van der Waals surface area contributed by atoms with Crippen LogP contribution in [0.4, 0.5) is 0 Å². The van der Waals surface area contributed by atoms with Gasteiger partial charge >= 0.3 is 11.9 Å². The fourth-order valence-corrected chi connectivity index (χ4v) is 3.36. The molecule has 6 nitrogen and oxygen atoms in total. The normalized spacial score (nSPS) is 11.5. The highest BCUT2D eigenvalue weighted by Gasteiger charge is 2.29. The fraction of sp³-hybridized carbons (Fsp3) is 0.148. The Kier molecular flexibility index (Phi) is 7.28. The summed E-state index contributed by atoms with van der Waals surface area (Å²) in [7, 11) is 0. The van der Waals surface area contributed by atoms with Gasteiger partial charge in [-0.25, -0.2) is 4.98 Å². The molecule has 0 amide bonds. The van der Waals surface area contributed by atoms with E-state index in [0.717, 1.165) is 16.7 Å². The van der Waals surface area contributed by atoms with Gasteiger partial charge in [0.25, 0.3) is 0 Å². The van der Waals surface area contributed by atoms with Gasteiger partial charge in [-0.15, -0.1) is 0 Å². The summed E-state index contributed by atoms with van der Waals surface area (Å²) in [6.07, 6.45) is 1.54. The molecule has 166 valence electrons. The molecule has 6 heteroatoms. The number of benzene rings is 3. The lowest BCUT2D eigenvalue weighted by molar-refractivity contribution is -0.153. The van der Waals surface area contributed by atoms with E-state index in [0.29, 0.717) is 11.5 Å². The predicted molar refractivity (Wildman–Crippen MR) is 124 cm³/mol. The Balaban J connectivity index is 1.48. The van der Waals surface area contributed by atoms with E-state index in [2.05, 4.69) is 9.97 Å². The minimum absolute atomic E-state index is 0.113. The second-order valence-corrected chi connectivity index (χ2v) is 7.53. The van der Waals surface area contributed by atoms with Crippen LogP contribution in [0.3, 0.4) is 0 Å². The summed E-state index contributed by atoms with van der Waals surface area (Å²) in [6.45, 7) is 0.250. The second kappa shape index (κ2) is 10.9. The number of carbonyl (C=O) groups is 2. The van der Waals surface area contributed by atoms with Gasteiger partial charge in [0.1, 0.15) is 25.0 Å². The zero-order valence-corrected chi connectivity index (χ0v) is 18.0. The first-order chi connectivity index (χ1) is 16.2. The SMILES string of the molecule is O=C(CC(C(=O)OCc1ccccc1)c1nc(-c2ccccc2)c[nH]1)OCc1ccccc1. The molecule has 1 atom stereocenters. The Morgan fingerprint density at radius 1 is 0.758 bits per heavy atom. The molecular weight excluding hydrogens is 416 g/mol. The van der Waals surface area contributed by atoms with E-state index in [1.165, 1.54) is 0 Å². The molecule has 0 radical (unpaired) electrons. The van der Waals surface area contributed by atoms with Gasteiger partial charge in [-0.05, 0) is 11.1 Å². The molecular formula is C27H24N2O4. The fourth-order valence-electron chi connectivity index (χ4n) is 3.36. The Bertz CT molecular complexity index is 1170. The third-order valence-corrected chi connectivity index (χ3v) is 5.12. The van der Waals surface area contributed by atoms with Gasteiger partial charge < -0.3 is 14.5 Å². The highest BCUT2D eigenvalue weighted by atomic mass is 16.5. The van der Waals surface area contributed by atoms with Crippen molar-refractivity contribution in [2.45, 2.75) is 25.6 Å². The number of aromatic nitrogens is 2. The molecule has 33 heavy (non-hydrogen) atoms.